The quantitative estimate of drug-likeness (QED) is 0.816. The molecule has 1 fully saturated rings. The standard InChI is InChI=1S/C21H24ClN3O2/c1-15(16-7-9-18(22)10-8-16)23-20(26)17-11-13-25(14-12-17)21(27)24-19-5-3-2-4-6-19/h2-10,15,17H,11-14H2,1H3,(H,23,26)(H,24,27)/t15-/m1/s1. The lowest BCUT2D eigenvalue weighted by molar-refractivity contribution is -0.126. The fourth-order valence-corrected chi connectivity index (χ4v) is 3.36. The van der Waals surface area contributed by atoms with Gasteiger partial charge in [-0.05, 0) is 49.6 Å². The Morgan fingerprint density at radius 1 is 1.04 bits per heavy atom. The van der Waals surface area contributed by atoms with Crippen LogP contribution in [0.5, 0.6) is 0 Å². The Hall–Kier alpha value is -2.53. The summed E-state index contributed by atoms with van der Waals surface area (Å²) in [6.07, 6.45) is 1.34. The van der Waals surface area contributed by atoms with E-state index in [0.717, 1.165) is 11.3 Å². The van der Waals surface area contributed by atoms with Crippen molar-refractivity contribution in [2.75, 3.05) is 18.4 Å². The minimum absolute atomic E-state index is 0.0422. The molecule has 1 aliphatic rings. The molecule has 2 N–H and O–H groups in total. The molecule has 0 bridgehead atoms. The zero-order chi connectivity index (χ0) is 19.2. The van der Waals surface area contributed by atoms with Gasteiger partial charge in [-0.3, -0.25) is 4.79 Å². The Morgan fingerprint density at radius 2 is 1.67 bits per heavy atom. The normalized spacial score (nSPS) is 15.9. The number of nitrogens with zero attached hydrogens (tertiary/aromatic N) is 1. The largest absolute Gasteiger partial charge is 0.349 e. The molecule has 0 saturated carbocycles. The molecule has 0 radical (unpaired) electrons. The first kappa shape index (κ1) is 19.2. The van der Waals surface area contributed by atoms with E-state index in [4.69, 9.17) is 11.6 Å². The lowest BCUT2D eigenvalue weighted by Gasteiger charge is -2.32. The van der Waals surface area contributed by atoms with Gasteiger partial charge in [-0.1, -0.05) is 41.9 Å². The fourth-order valence-electron chi connectivity index (χ4n) is 3.23. The number of nitrogens with one attached hydrogen (secondary N) is 2. The van der Waals surface area contributed by atoms with E-state index in [1.165, 1.54) is 0 Å². The maximum absolute atomic E-state index is 12.6. The predicted octanol–water partition coefficient (Wildman–Crippen LogP) is 4.46. The van der Waals surface area contributed by atoms with E-state index in [1.807, 2.05) is 61.5 Å². The molecule has 0 spiro atoms. The van der Waals surface area contributed by atoms with Crippen molar-refractivity contribution in [2.24, 2.45) is 5.92 Å². The predicted molar refractivity (Wildman–Crippen MR) is 108 cm³/mol. The molecule has 142 valence electrons. The zero-order valence-corrected chi connectivity index (χ0v) is 16.1. The number of urea groups is 1. The summed E-state index contributed by atoms with van der Waals surface area (Å²) in [6.45, 7) is 3.11. The van der Waals surface area contributed by atoms with Crippen molar-refractivity contribution >= 4 is 29.2 Å². The molecule has 0 aromatic heterocycles. The van der Waals surface area contributed by atoms with Gasteiger partial charge < -0.3 is 15.5 Å². The molecule has 2 aromatic carbocycles. The van der Waals surface area contributed by atoms with Crippen LogP contribution >= 0.6 is 11.6 Å². The minimum atomic E-state index is -0.116. The molecule has 3 amide bonds. The van der Waals surface area contributed by atoms with E-state index in [2.05, 4.69) is 10.6 Å². The summed E-state index contributed by atoms with van der Waals surface area (Å²) in [5.74, 6) is -0.0268. The van der Waals surface area contributed by atoms with Crippen molar-refractivity contribution in [3.05, 3.63) is 65.2 Å². The highest BCUT2D eigenvalue weighted by Crippen LogP contribution is 2.21. The summed E-state index contributed by atoms with van der Waals surface area (Å²) >= 11 is 5.91. The van der Waals surface area contributed by atoms with Gasteiger partial charge in [0.05, 0.1) is 6.04 Å². The first-order valence-electron chi connectivity index (χ1n) is 9.20. The summed E-state index contributed by atoms with van der Waals surface area (Å²) in [5, 5.41) is 6.64. The first-order chi connectivity index (χ1) is 13.0. The Bertz CT molecular complexity index is 772. The average Bonchev–Trinajstić information content (AvgIpc) is 2.69. The van der Waals surface area contributed by atoms with Crippen LogP contribution in [0.2, 0.25) is 5.02 Å². The number of rotatable bonds is 4. The Kier molecular flexibility index (Phi) is 6.35. The summed E-state index contributed by atoms with van der Waals surface area (Å²) < 4.78 is 0. The number of benzene rings is 2. The van der Waals surface area contributed by atoms with Crippen molar-refractivity contribution in [1.82, 2.24) is 10.2 Å². The number of likely N-dealkylation sites (tertiary alicyclic amines) is 1. The number of halogens is 1. The van der Waals surface area contributed by atoms with Crippen LogP contribution in [-0.2, 0) is 4.79 Å². The third-order valence-corrected chi connectivity index (χ3v) is 5.16. The van der Waals surface area contributed by atoms with Crippen LogP contribution < -0.4 is 10.6 Å². The Morgan fingerprint density at radius 3 is 2.30 bits per heavy atom. The molecule has 27 heavy (non-hydrogen) atoms. The van der Waals surface area contributed by atoms with E-state index in [0.29, 0.717) is 31.0 Å². The second-order valence-electron chi connectivity index (χ2n) is 6.84. The van der Waals surface area contributed by atoms with Gasteiger partial charge in [-0.25, -0.2) is 4.79 Å². The van der Waals surface area contributed by atoms with Gasteiger partial charge in [0, 0.05) is 29.7 Å². The average molecular weight is 386 g/mol. The second kappa shape index (κ2) is 8.91. The number of carbonyl (C=O) groups excluding carboxylic acids is 2. The van der Waals surface area contributed by atoms with Gasteiger partial charge >= 0.3 is 6.03 Å². The zero-order valence-electron chi connectivity index (χ0n) is 15.3. The van der Waals surface area contributed by atoms with Gasteiger partial charge in [0.2, 0.25) is 5.91 Å². The minimum Gasteiger partial charge on any atom is -0.349 e. The molecular weight excluding hydrogens is 362 g/mol. The number of anilines is 1. The first-order valence-corrected chi connectivity index (χ1v) is 9.57. The maximum atomic E-state index is 12.6. The van der Waals surface area contributed by atoms with Gasteiger partial charge in [-0.15, -0.1) is 0 Å². The van der Waals surface area contributed by atoms with Gasteiger partial charge in [0.1, 0.15) is 0 Å². The Labute approximate surface area is 164 Å². The number of piperidine rings is 1. The van der Waals surface area contributed by atoms with E-state index < -0.39 is 0 Å². The summed E-state index contributed by atoms with van der Waals surface area (Å²) in [7, 11) is 0. The second-order valence-corrected chi connectivity index (χ2v) is 7.28. The molecular formula is C21H24ClN3O2. The van der Waals surface area contributed by atoms with Crippen LogP contribution in [0, 0.1) is 5.92 Å². The van der Waals surface area contributed by atoms with Gasteiger partial charge in [-0.2, -0.15) is 0 Å². The highest BCUT2D eigenvalue weighted by atomic mass is 35.5. The molecule has 1 aliphatic heterocycles. The van der Waals surface area contributed by atoms with Crippen LogP contribution in [0.15, 0.2) is 54.6 Å². The van der Waals surface area contributed by atoms with Crippen LogP contribution in [-0.4, -0.2) is 29.9 Å². The molecule has 0 unspecified atom stereocenters. The molecule has 2 aromatic rings. The van der Waals surface area contributed by atoms with Crippen molar-refractivity contribution in [3.63, 3.8) is 0 Å². The van der Waals surface area contributed by atoms with Crippen LogP contribution in [0.4, 0.5) is 10.5 Å². The fraction of sp³-hybridized carbons (Fsp3) is 0.333. The monoisotopic (exact) mass is 385 g/mol. The number of amides is 3. The lowest BCUT2D eigenvalue weighted by Crippen LogP contribution is -2.44. The van der Waals surface area contributed by atoms with Crippen molar-refractivity contribution in [1.29, 1.82) is 0 Å². The third kappa shape index (κ3) is 5.23. The number of hydrogen-bond acceptors (Lipinski definition) is 2. The Balaban J connectivity index is 1.47. The molecule has 5 nitrogen and oxygen atoms in total. The lowest BCUT2D eigenvalue weighted by atomic mass is 9.95. The molecule has 0 aliphatic carbocycles. The molecule has 3 rings (SSSR count). The molecule has 6 heteroatoms. The van der Waals surface area contributed by atoms with Gasteiger partial charge in [0.25, 0.3) is 0 Å². The molecule has 1 atom stereocenters. The third-order valence-electron chi connectivity index (χ3n) is 4.91. The summed E-state index contributed by atoms with van der Waals surface area (Å²) in [4.78, 5) is 26.7. The van der Waals surface area contributed by atoms with Crippen molar-refractivity contribution < 1.29 is 9.59 Å². The number of carbonyl (C=O) groups is 2. The van der Waals surface area contributed by atoms with E-state index in [-0.39, 0.29) is 23.9 Å². The number of para-hydroxylation sites is 1. The van der Waals surface area contributed by atoms with Crippen molar-refractivity contribution in [2.45, 2.75) is 25.8 Å². The maximum Gasteiger partial charge on any atom is 0.321 e. The molecule has 1 saturated heterocycles. The van der Waals surface area contributed by atoms with Crippen LogP contribution in [0.1, 0.15) is 31.4 Å². The topological polar surface area (TPSA) is 61.4 Å². The van der Waals surface area contributed by atoms with E-state index >= 15 is 0 Å². The van der Waals surface area contributed by atoms with Crippen molar-refractivity contribution in [3.8, 4) is 0 Å². The highest BCUT2D eigenvalue weighted by molar-refractivity contribution is 6.30. The van der Waals surface area contributed by atoms with Crippen LogP contribution in [0.25, 0.3) is 0 Å². The number of hydrogen-bond donors (Lipinski definition) is 2. The van der Waals surface area contributed by atoms with Gasteiger partial charge in [0.15, 0.2) is 0 Å². The van der Waals surface area contributed by atoms with E-state index in [1.54, 1.807) is 4.90 Å². The highest BCUT2D eigenvalue weighted by Gasteiger charge is 2.28. The van der Waals surface area contributed by atoms with Crippen LogP contribution in [0.3, 0.4) is 0 Å². The smallest absolute Gasteiger partial charge is 0.321 e. The van der Waals surface area contributed by atoms with E-state index in [9.17, 15) is 9.59 Å². The summed E-state index contributed by atoms with van der Waals surface area (Å²) in [6, 6.07) is 16.7. The molecule has 1 heterocycles. The SMILES string of the molecule is C[C@@H](NC(=O)C1CCN(C(=O)Nc2ccccc2)CC1)c1ccc(Cl)cc1. The summed E-state index contributed by atoms with van der Waals surface area (Å²) in [5.41, 5.74) is 1.80.